The van der Waals surface area contributed by atoms with Gasteiger partial charge in [-0.2, -0.15) is 11.8 Å². The van der Waals surface area contributed by atoms with E-state index in [1.807, 2.05) is 25.0 Å². The van der Waals surface area contributed by atoms with Crippen molar-refractivity contribution in [3.63, 3.8) is 0 Å². The van der Waals surface area contributed by atoms with Crippen LogP contribution >= 0.6 is 11.8 Å². The van der Waals surface area contributed by atoms with Crippen LogP contribution in [0.15, 0.2) is 0 Å². The van der Waals surface area contributed by atoms with Gasteiger partial charge in [0.25, 0.3) is 0 Å². The molecule has 21 heavy (non-hydrogen) atoms. The molecule has 1 aliphatic heterocycles. The summed E-state index contributed by atoms with van der Waals surface area (Å²) in [6, 6.07) is -0.554. The van der Waals surface area contributed by atoms with E-state index in [0.717, 1.165) is 12.2 Å². The van der Waals surface area contributed by atoms with Crippen molar-refractivity contribution >= 4 is 23.6 Å². The number of carbonyl (C=O) groups excluding carboxylic acids is 2. The second-order valence-corrected chi connectivity index (χ2v) is 7.55. The van der Waals surface area contributed by atoms with E-state index in [0.29, 0.717) is 12.3 Å². The average molecular weight is 314 g/mol. The molecule has 1 aliphatic rings. The van der Waals surface area contributed by atoms with E-state index in [-0.39, 0.29) is 35.9 Å². The van der Waals surface area contributed by atoms with Crippen molar-refractivity contribution in [2.24, 2.45) is 11.8 Å². The quantitative estimate of drug-likeness (QED) is 0.785. The Balaban J connectivity index is 3.07. The Morgan fingerprint density at radius 2 is 1.86 bits per heavy atom. The monoisotopic (exact) mass is 314 g/mol. The zero-order valence-corrected chi connectivity index (χ0v) is 15.0. The predicted molar refractivity (Wildman–Crippen MR) is 89.3 cm³/mol. The maximum Gasteiger partial charge on any atom is 0.246 e. The highest BCUT2D eigenvalue weighted by Gasteiger charge is 2.44. The molecule has 0 aromatic heterocycles. The zero-order chi connectivity index (χ0) is 16.2. The molecule has 1 fully saturated rings. The molecular formula is C16H30N2O2S. The average Bonchev–Trinajstić information content (AvgIpc) is 2.38. The van der Waals surface area contributed by atoms with Crippen LogP contribution in [0.2, 0.25) is 0 Å². The van der Waals surface area contributed by atoms with Crippen LogP contribution in [0.5, 0.6) is 0 Å². The second-order valence-electron chi connectivity index (χ2n) is 6.64. The van der Waals surface area contributed by atoms with Crippen molar-refractivity contribution in [1.29, 1.82) is 0 Å². The number of carbonyl (C=O) groups is 2. The highest BCUT2D eigenvalue weighted by atomic mass is 32.2. The minimum absolute atomic E-state index is 0.00908. The Bertz CT molecular complexity index is 371. The molecule has 122 valence electrons. The highest BCUT2D eigenvalue weighted by Crippen LogP contribution is 2.25. The van der Waals surface area contributed by atoms with E-state index >= 15 is 0 Å². The fourth-order valence-electron chi connectivity index (χ4n) is 3.01. The van der Waals surface area contributed by atoms with Gasteiger partial charge in [-0.05, 0) is 30.9 Å². The number of rotatable bonds is 7. The molecule has 4 nitrogen and oxygen atoms in total. The zero-order valence-electron chi connectivity index (χ0n) is 14.2. The fourth-order valence-corrected chi connectivity index (χ4v) is 3.79. The van der Waals surface area contributed by atoms with Crippen molar-refractivity contribution in [1.82, 2.24) is 10.2 Å². The maximum atomic E-state index is 12.9. The van der Waals surface area contributed by atoms with Gasteiger partial charge < -0.3 is 10.2 Å². The molecule has 1 rings (SSSR count). The van der Waals surface area contributed by atoms with Gasteiger partial charge in [-0.3, -0.25) is 9.59 Å². The van der Waals surface area contributed by atoms with Gasteiger partial charge in [-0.1, -0.05) is 34.6 Å². The number of nitrogens with one attached hydrogen (secondary N) is 1. The lowest BCUT2D eigenvalue weighted by molar-refractivity contribution is -0.154. The second kappa shape index (κ2) is 8.06. The summed E-state index contributed by atoms with van der Waals surface area (Å²) in [6.45, 7) is 10.3. The highest BCUT2D eigenvalue weighted by molar-refractivity contribution is 7.98. The summed E-state index contributed by atoms with van der Waals surface area (Å²) < 4.78 is 0. The molecule has 1 N–H and O–H groups in total. The van der Waals surface area contributed by atoms with Crippen molar-refractivity contribution in [2.45, 2.75) is 65.6 Å². The third-order valence-corrected chi connectivity index (χ3v) is 4.72. The Kier molecular flexibility index (Phi) is 7.04. The van der Waals surface area contributed by atoms with Crippen LogP contribution in [0.4, 0.5) is 0 Å². The van der Waals surface area contributed by atoms with Crippen molar-refractivity contribution in [3.05, 3.63) is 0 Å². The molecule has 0 aromatic carbocycles. The van der Waals surface area contributed by atoms with Crippen LogP contribution in [0.3, 0.4) is 0 Å². The fraction of sp³-hybridized carbons (Fsp3) is 0.875. The summed E-state index contributed by atoms with van der Waals surface area (Å²) in [5.74, 6) is 1.51. The number of nitrogens with zero attached hydrogens (tertiary/aromatic N) is 1. The summed E-state index contributed by atoms with van der Waals surface area (Å²) in [6.07, 6.45) is 3.65. The molecule has 0 saturated carbocycles. The number of hydrogen-bond acceptors (Lipinski definition) is 3. The van der Waals surface area contributed by atoms with E-state index < -0.39 is 0 Å². The number of hydrogen-bond donors (Lipinski definition) is 1. The first-order valence-corrected chi connectivity index (χ1v) is 9.34. The molecule has 3 atom stereocenters. The van der Waals surface area contributed by atoms with E-state index in [1.54, 1.807) is 11.8 Å². The summed E-state index contributed by atoms with van der Waals surface area (Å²) >= 11 is 1.73. The summed E-state index contributed by atoms with van der Waals surface area (Å²) in [7, 11) is 0. The smallest absolute Gasteiger partial charge is 0.246 e. The van der Waals surface area contributed by atoms with Crippen molar-refractivity contribution in [3.8, 4) is 0 Å². The summed E-state index contributed by atoms with van der Waals surface area (Å²) in [4.78, 5) is 27.3. The standard InChI is InChI=1S/C16H30N2O2S/c1-7-12(9-21-6)18-14(11(4)5)15(19)17-13(16(18)20)8-10(2)3/h10-14H,7-9H2,1-6H3,(H,17,19). The minimum Gasteiger partial charge on any atom is -0.342 e. The van der Waals surface area contributed by atoms with Crippen molar-refractivity contribution in [2.75, 3.05) is 12.0 Å². The molecular weight excluding hydrogens is 284 g/mol. The molecule has 0 aliphatic carbocycles. The summed E-state index contributed by atoms with van der Waals surface area (Å²) in [5, 5.41) is 2.94. The van der Waals surface area contributed by atoms with Gasteiger partial charge in [0.15, 0.2) is 0 Å². The molecule has 0 spiro atoms. The lowest BCUT2D eigenvalue weighted by Gasteiger charge is -2.45. The third-order valence-electron chi connectivity index (χ3n) is 4.00. The molecule has 0 bridgehead atoms. The van der Waals surface area contributed by atoms with Gasteiger partial charge in [0.1, 0.15) is 12.1 Å². The lowest BCUT2D eigenvalue weighted by atomic mass is 9.92. The maximum absolute atomic E-state index is 12.9. The van der Waals surface area contributed by atoms with E-state index in [9.17, 15) is 9.59 Å². The lowest BCUT2D eigenvalue weighted by Crippen LogP contribution is -2.67. The van der Waals surface area contributed by atoms with Crippen LogP contribution < -0.4 is 5.32 Å². The Morgan fingerprint density at radius 3 is 2.29 bits per heavy atom. The topological polar surface area (TPSA) is 49.4 Å². The van der Waals surface area contributed by atoms with Crippen LogP contribution in [0.1, 0.15) is 47.5 Å². The van der Waals surface area contributed by atoms with Crippen LogP contribution in [-0.4, -0.2) is 46.8 Å². The number of thioether (sulfide) groups is 1. The molecule has 5 heteroatoms. The first kappa shape index (κ1) is 18.3. The Morgan fingerprint density at radius 1 is 1.24 bits per heavy atom. The summed E-state index contributed by atoms with van der Waals surface area (Å²) in [5.41, 5.74) is 0. The largest absolute Gasteiger partial charge is 0.342 e. The minimum atomic E-state index is -0.358. The number of amides is 2. The Hall–Kier alpha value is -0.710. The van der Waals surface area contributed by atoms with Gasteiger partial charge in [0.2, 0.25) is 11.8 Å². The van der Waals surface area contributed by atoms with E-state index in [2.05, 4.69) is 26.1 Å². The van der Waals surface area contributed by atoms with Crippen LogP contribution in [-0.2, 0) is 9.59 Å². The molecule has 0 aromatic rings. The third kappa shape index (κ3) is 4.38. The molecule has 1 heterocycles. The molecule has 3 unspecified atom stereocenters. The van der Waals surface area contributed by atoms with Crippen molar-refractivity contribution < 1.29 is 9.59 Å². The SMILES string of the molecule is CCC(CSC)N1C(=O)C(CC(C)C)NC(=O)C1C(C)C. The van der Waals surface area contributed by atoms with Gasteiger partial charge in [-0.25, -0.2) is 0 Å². The normalized spacial score (nSPS) is 24.7. The first-order valence-electron chi connectivity index (χ1n) is 7.94. The molecule has 2 amide bonds. The van der Waals surface area contributed by atoms with E-state index in [4.69, 9.17) is 0 Å². The number of piperazine rings is 1. The van der Waals surface area contributed by atoms with Gasteiger partial charge in [0.05, 0.1) is 0 Å². The van der Waals surface area contributed by atoms with Crippen LogP contribution in [0.25, 0.3) is 0 Å². The first-order chi connectivity index (χ1) is 9.83. The van der Waals surface area contributed by atoms with Crippen LogP contribution in [0, 0.1) is 11.8 Å². The van der Waals surface area contributed by atoms with E-state index in [1.165, 1.54) is 0 Å². The predicted octanol–water partition coefficient (Wildman–Crippen LogP) is 2.53. The van der Waals surface area contributed by atoms with Gasteiger partial charge in [-0.15, -0.1) is 0 Å². The van der Waals surface area contributed by atoms with Gasteiger partial charge in [0, 0.05) is 11.8 Å². The Labute approximate surface area is 133 Å². The van der Waals surface area contributed by atoms with Gasteiger partial charge >= 0.3 is 0 Å². The molecule has 0 radical (unpaired) electrons. The molecule has 1 saturated heterocycles.